The summed E-state index contributed by atoms with van der Waals surface area (Å²) in [5, 5.41) is 1.96. The second-order valence-electron chi connectivity index (χ2n) is 7.21. The molecule has 0 N–H and O–H groups in total. The van der Waals surface area contributed by atoms with E-state index in [2.05, 4.69) is 21.7 Å². The Morgan fingerprint density at radius 3 is 2.41 bits per heavy atom. The number of thiophene rings is 1. The van der Waals surface area contributed by atoms with Gasteiger partial charge in [0.15, 0.2) is 0 Å². The lowest BCUT2D eigenvalue weighted by Gasteiger charge is -2.34. The fraction of sp³-hybridized carbons (Fsp3) is 0.579. The molecule has 2 amide bonds. The Labute approximate surface area is 163 Å². The number of nitrogens with zero attached hydrogens (tertiary/aromatic N) is 4. The molecule has 2 fully saturated rings. The number of hydrogen-bond acceptors (Lipinski definition) is 7. The van der Waals surface area contributed by atoms with Crippen molar-refractivity contribution in [3.05, 3.63) is 28.1 Å². The highest BCUT2D eigenvalue weighted by atomic mass is 32.1. The zero-order valence-corrected chi connectivity index (χ0v) is 16.5. The maximum Gasteiger partial charge on any atom is 0.277 e. The van der Waals surface area contributed by atoms with Gasteiger partial charge in [-0.25, -0.2) is 0 Å². The molecule has 4 rings (SSSR count). The van der Waals surface area contributed by atoms with Crippen LogP contribution in [-0.4, -0.2) is 104 Å². The maximum absolute atomic E-state index is 13.2. The van der Waals surface area contributed by atoms with E-state index in [1.165, 1.54) is 16.2 Å². The summed E-state index contributed by atoms with van der Waals surface area (Å²) < 4.78 is 5.38. The minimum absolute atomic E-state index is 0.138. The summed E-state index contributed by atoms with van der Waals surface area (Å²) in [7, 11) is 2.09. The van der Waals surface area contributed by atoms with Crippen molar-refractivity contribution in [2.24, 2.45) is 0 Å². The Balaban J connectivity index is 1.55. The molecule has 3 aliphatic heterocycles. The molecule has 0 atom stereocenters. The van der Waals surface area contributed by atoms with Crippen LogP contribution in [0.3, 0.4) is 0 Å². The molecule has 146 valence electrons. The molecule has 0 bridgehead atoms. The lowest BCUT2D eigenvalue weighted by atomic mass is 10.1. The molecule has 0 spiro atoms. The summed E-state index contributed by atoms with van der Waals surface area (Å²) >= 11 is 1.52. The predicted molar refractivity (Wildman–Crippen MR) is 104 cm³/mol. The Morgan fingerprint density at radius 2 is 1.74 bits per heavy atom. The first kappa shape index (κ1) is 18.6. The van der Waals surface area contributed by atoms with Gasteiger partial charge in [-0.2, -0.15) is 0 Å². The second kappa shape index (κ2) is 8.10. The molecular weight excluding hydrogens is 364 g/mol. The largest absolute Gasteiger partial charge is 0.379 e. The minimum Gasteiger partial charge on any atom is -0.379 e. The summed E-state index contributed by atoms with van der Waals surface area (Å²) in [4.78, 5) is 35.3. The van der Waals surface area contributed by atoms with Crippen LogP contribution in [0.4, 0.5) is 0 Å². The molecule has 1 aromatic rings. The van der Waals surface area contributed by atoms with Crippen LogP contribution in [0.2, 0.25) is 0 Å². The van der Waals surface area contributed by atoms with E-state index in [4.69, 9.17) is 4.74 Å². The van der Waals surface area contributed by atoms with Crippen LogP contribution < -0.4 is 0 Å². The normalized spacial score (nSPS) is 23.0. The summed E-state index contributed by atoms with van der Waals surface area (Å²) in [5.74, 6) is -0.286. The number of carbonyl (C=O) groups excluding carboxylic acids is 2. The van der Waals surface area contributed by atoms with Crippen molar-refractivity contribution in [1.82, 2.24) is 19.6 Å². The topological polar surface area (TPSA) is 56.3 Å². The van der Waals surface area contributed by atoms with Gasteiger partial charge in [0.25, 0.3) is 11.8 Å². The lowest BCUT2D eigenvalue weighted by Crippen LogP contribution is -2.47. The van der Waals surface area contributed by atoms with Crippen molar-refractivity contribution in [2.45, 2.75) is 0 Å². The van der Waals surface area contributed by atoms with E-state index in [1.807, 2.05) is 17.5 Å². The monoisotopic (exact) mass is 390 g/mol. The number of hydrogen-bond donors (Lipinski definition) is 0. The van der Waals surface area contributed by atoms with Crippen molar-refractivity contribution >= 4 is 28.7 Å². The third kappa shape index (κ3) is 3.80. The molecule has 3 aliphatic rings. The summed E-state index contributed by atoms with van der Waals surface area (Å²) in [6, 6.07) is 3.87. The van der Waals surface area contributed by atoms with E-state index in [9.17, 15) is 9.59 Å². The first-order valence-electron chi connectivity index (χ1n) is 9.53. The van der Waals surface area contributed by atoms with Crippen LogP contribution in [0.15, 0.2) is 23.2 Å². The van der Waals surface area contributed by atoms with Gasteiger partial charge in [-0.05, 0) is 18.5 Å². The van der Waals surface area contributed by atoms with Gasteiger partial charge in [-0.1, -0.05) is 6.07 Å². The second-order valence-corrected chi connectivity index (χ2v) is 8.15. The number of morpholine rings is 1. The maximum atomic E-state index is 13.2. The van der Waals surface area contributed by atoms with E-state index < -0.39 is 0 Å². The number of likely N-dealkylation sites (N-methyl/N-ethyl adjacent to an activating group) is 1. The molecule has 0 unspecified atom stereocenters. The average Bonchev–Trinajstić information content (AvgIpc) is 3.29. The molecule has 4 heterocycles. The van der Waals surface area contributed by atoms with Gasteiger partial charge in [0.1, 0.15) is 5.70 Å². The van der Waals surface area contributed by atoms with Crippen LogP contribution in [0.1, 0.15) is 4.88 Å². The minimum atomic E-state index is -0.148. The fourth-order valence-corrected chi connectivity index (χ4v) is 4.56. The Hall–Kier alpha value is -1.74. The molecule has 0 aromatic carbocycles. The van der Waals surface area contributed by atoms with Crippen LogP contribution in [-0.2, 0) is 14.3 Å². The molecule has 0 radical (unpaired) electrons. The highest BCUT2D eigenvalue weighted by Gasteiger charge is 2.42. The lowest BCUT2D eigenvalue weighted by molar-refractivity contribution is -0.138. The van der Waals surface area contributed by atoms with E-state index >= 15 is 0 Å². The quantitative estimate of drug-likeness (QED) is 0.679. The van der Waals surface area contributed by atoms with E-state index in [-0.39, 0.29) is 11.8 Å². The fourth-order valence-electron chi connectivity index (χ4n) is 3.80. The molecular formula is C19H26N4O3S. The Kier molecular flexibility index (Phi) is 5.58. The number of imide groups is 1. The van der Waals surface area contributed by atoms with Crippen molar-refractivity contribution in [1.29, 1.82) is 0 Å². The zero-order valence-electron chi connectivity index (χ0n) is 15.7. The first-order chi connectivity index (χ1) is 13.1. The summed E-state index contributed by atoms with van der Waals surface area (Å²) in [6.45, 7) is 7.62. The summed E-state index contributed by atoms with van der Waals surface area (Å²) in [6.07, 6.45) is 0. The van der Waals surface area contributed by atoms with Crippen LogP contribution in [0, 0.1) is 0 Å². The van der Waals surface area contributed by atoms with Crippen molar-refractivity contribution in [2.75, 3.05) is 72.6 Å². The third-order valence-electron chi connectivity index (χ3n) is 5.47. The molecule has 2 saturated heterocycles. The van der Waals surface area contributed by atoms with Gasteiger partial charge >= 0.3 is 0 Å². The number of rotatable bonds is 5. The number of amides is 2. The molecule has 0 aliphatic carbocycles. The Morgan fingerprint density at radius 1 is 1.00 bits per heavy atom. The summed E-state index contributed by atoms with van der Waals surface area (Å²) in [5.41, 5.74) is 1.18. The van der Waals surface area contributed by atoms with Crippen molar-refractivity contribution < 1.29 is 14.3 Å². The van der Waals surface area contributed by atoms with Crippen LogP contribution >= 0.6 is 11.3 Å². The first-order valence-corrected chi connectivity index (χ1v) is 10.4. The van der Waals surface area contributed by atoms with Gasteiger partial charge in [0, 0.05) is 57.2 Å². The van der Waals surface area contributed by atoms with E-state index in [0.717, 1.165) is 44.1 Å². The van der Waals surface area contributed by atoms with E-state index in [0.29, 0.717) is 37.6 Å². The molecule has 27 heavy (non-hydrogen) atoms. The Bertz CT molecular complexity index is 719. The van der Waals surface area contributed by atoms with Crippen molar-refractivity contribution in [3.63, 3.8) is 0 Å². The van der Waals surface area contributed by atoms with Crippen LogP contribution in [0.5, 0.6) is 0 Å². The molecule has 0 saturated carbocycles. The SMILES string of the molecule is CN1CCN(C2=C(c3cccs3)C(=O)N(CCN3CCOCC3)C2=O)CC1. The smallest absolute Gasteiger partial charge is 0.277 e. The van der Waals surface area contributed by atoms with Gasteiger partial charge in [0.2, 0.25) is 0 Å². The average molecular weight is 391 g/mol. The number of ether oxygens (including phenoxy) is 1. The third-order valence-corrected chi connectivity index (χ3v) is 6.36. The van der Waals surface area contributed by atoms with E-state index in [1.54, 1.807) is 0 Å². The van der Waals surface area contributed by atoms with Crippen LogP contribution in [0.25, 0.3) is 5.57 Å². The highest BCUT2D eigenvalue weighted by molar-refractivity contribution is 7.11. The predicted octanol–water partition coefficient (Wildman–Crippen LogP) is 0.408. The zero-order chi connectivity index (χ0) is 18.8. The standard InChI is InChI=1S/C19H26N4O3S/c1-20-4-7-22(8-5-20)17-16(15-3-2-14-27-15)18(24)23(19(17)25)9-6-21-10-12-26-13-11-21/h2-3,14H,4-13H2,1H3. The number of piperazine rings is 1. The van der Waals surface area contributed by atoms with Gasteiger partial charge in [0.05, 0.1) is 18.8 Å². The molecule has 1 aromatic heterocycles. The number of carbonyl (C=O) groups is 2. The molecule has 7 nitrogen and oxygen atoms in total. The van der Waals surface area contributed by atoms with Gasteiger partial charge in [-0.15, -0.1) is 11.3 Å². The molecule has 8 heteroatoms. The van der Waals surface area contributed by atoms with Crippen molar-refractivity contribution in [3.8, 4) is 0 Å². The highest BCUT2D eigenvalue weighted by Crippen LogP contribution is 2.34. The van der Waals surface area contributed by atoms with Gasteiger partial charge < -0.3 is 14.5 Å². The van der Waals surface area contributed by atoms with Gasteiger partial charge in [-0.3, -0.25) is 19.4 Å².